The number of rotatable bonds is 5. The zero-order valence-electron chi connectivity index (χ0n) is 12.4. The second-order valence-corrected chi connectivity index (χ2v) is 6.47. The van der Waals surface area contributed by atoms with Gasteiger partial charge in [-0.3, -0.25) is 4.79 Å². The maximum absolute atomic E-state index is 12.5. The summed E-state index contributed by atoms with van der Waals surface area (Å²) in [6, 6.07) is 8.41. The van der Waals surface area contributed by atoms with E-state index in [1.807, 2.05) is 6.92 Å². The molecule has 0 bridgehead atoms. The van der Waals surface area contributed by atoms with Crippen LogP contribution in [0, 0.1) is 5.41 Å². The van der Waals surface area contributed by atoms with Crippen LogP contribution in [0.2, 0.25) is 0 Å². The van der Waals surface area contributed by atoms with Crippen molar-refractivity contribution in [2.24, 2.45) is 5.41 Å². The van der Waals surface area contributed by atoms with Gasteiger partial charge in [0.2, 0.25) is 0 Å². The average molecular weight is 260 g/mol. The fourth-order valence-corrected chi connectivity index (χ4v) is 2.89. The molecule has 0 saturated heterocycles. The number of Topliss-reactive ketones (excluding diaryl/α,β-unsaturated/α-hetero) is 1. The second kappa shape index (κ2) is 5.46. The summed E-state index contributed by atoms with van der Waals surface area (Å²) in [6.07, 6.45) is 1.36. The van der Waals surface area contributed by atoms with Crippen molar-refractivity contribution in [3.05, 3.63) is 35.4 Å². The number of carbonyl (C=O) groups excluding carboxylic acids is 1. The third kappa shape index (κ3) is 3.06. The van der Waals surface area contributed by atoms with Gasteiger partial charge in [0.15, 0.2) is 5.78 Å². The second-order valence-electron chi connectivity index (χ2n) is 6.47. The number of fused-ring (bicyclic) bond motifs is 1. The lowest BCUT2D eigenvalue weighted by atomic mass is 9.73. The number of hydrogen-bond acceptors (Lipinski definition) is 2. The van der Waals surface area contributed by atoms with Gasteiger partial charge in [-0.25, -0.2) is 0 Å². The summed E-state index contributed by atoms with van der Waals surface area (Å²) < 4.78 is 5.68. The van der Waals surface area contributed by atoms with Gasteiger partial charge in [-0.15, -0.1) is 0 Å². The van der Waals surface area contributed by atoms with Gasteiger partial charge < -0.3 is 4.74 Å². The van der Waals surface area contributed by atoms with Gasteiger partial charge in [-0.05, 0) is 35.8 Å². The van der Waals surface area contributed by atoms with Crippen LogP contribution in [0.3, 0.4) is 0 Å². The number of hydrogen-bond donors (Lipinski definition) is 0. The molecule has 0 amide bonds. The molecule has 0 saturated carbocycles. The van der Waals surface area contributed by atoms with Crippen LogP contribution in [0.15, 0.2) is 24.3 Å². The normalized spacial score (nSPS) is 19.5. The van der Waals surface area contributed by atoms with Gasteiger partial charge in [0.1, 0.15) is 6.10 Å². The Morgan fingerprint density at radius 3 is 2.63 bits per heavy atom. The number of ether oxygens (including phenoxy) is 1. The summed E-state index contributed by atoms with van der Waals surface area (Å²) in [5, 5.41) is 0. The van der Waals surface area contributed by atoms with Gasteiger partial charge >= 0.3 is 0 Å². The molecular formula is C17H24O2. The Labute approximate surface area is 116 Å². The quantitative estimate of drug-likeness (QED) is 0.806. The SMILES string of the molecule is CCOC(C(=O)CC1Cc2ccccc21)C(C)(C)C. The van der Waals surface area contributed by atoms with Crippen LogP contribution in [0.5, 0.6) is 0 Å². The molecule has 0 radical (unpaired) electrons. The first-order valence-electron chi connectivity index (χ1n) is 7.15. The van der Waals surface area contributed by atoms with Crippen molar-refractivity contribution in [3.63, 3.8) is 0 Å². The van der Waals surface area contributed by atoms with Crippen molar-refractivity contribution in [1.29, 1.82) is 0 Å². The first kappa shape index (κ1) is 14.3. The van der Waals surface area contributed by atoms with E-state index in [9.17, 15) is 4.79 Å². The average Bonchev–Trinajstić information content (AvgIpc) is 2.31. The maximum Gasteiger partial charge on any atom is 0.162 e. The molecule has 2 rings (SSSR count). The van der Waals surface area contributed by atoms with Crippen LogP contribution >= 0.6 is 0 Å². The van der Waals surface area contributed by atoms with Crippen LogP contribution in [0.4, 0.5) is 0 Å². The van der Waals surface area contributed by atoms with E-state index < -0.39 is 0 Å². The molecule has 2 atom stereocenters. The first-order chi connectivity index (χ1) is 8.93. The molecule has 0 spiro atoms. The fourth-order valence-electron chi connectivity index (χ4n) is 2.89. The maximum atomic E-state index is 12.5. The lowest BCUT2D eigenvalue weighted by molar-refractivity contribution is -0.137. The highest BCUT2D eigenvalue weighted by molar-refractivity contribution is 5.85. The van der Waals surface area contributed by atoms with Crippen molar-refractivity contribution in [2.75, 3.05) is 6.61 Å². The standard InChI is InChI=1S/C17H24O2/c1-5-19-16(17(2,3)4)15(18)11-13-10-12-8-6-7-9-14(12)13/h6-9,13,16H,5,10-11H2,1-4H3. The lowest BCUT2D eigenvalue weighted by Gasteiger charge is -2.34. The number of benzene rings is 1. The summed E-state index contributed by atoms with van der Waals surface area (Å²) in [5.41, 5.74) is 2.61. The Balaban J connectivity index is 2.02. The molecule has 0 fully saturated rings. The van der Waals surface area contributed by atoms with E-state index in [-0.39, 0.29) is 17.3 Å². The monoisotopic (exact) mass is 260 g/mol. The molecule has 1 aromatic rings. The van der Waals surface area contributed by atoms with Crippen molar-refractivity contribution in [2.45, 2.75) is 52.6 Å². The van der Waals surface area contributed by atoms with E-state index in [0.29, 0.717) is 18.9 Å². The highest BCUT2D eigenvalue weighted by Gasteiger charge is 2.35. The minimum Gasteiger partial charge on any atom is -0.370 e. The predicted molar refractivity (Wildman–Crippen MR) is 77.4 cm³/mol. The third-order valence-corrected chi connectivity index (χ3v) is 3.82. The Morgan fingerprint density at radius 2 is 2.05 bits per heavy atom. The Bertz CT molecular complexity index is 457. The minimum absolute atomic E-state index is 0.129. The fraction of sp³-hybridized carbons (Fsp3) is 0.588. The van der Waals surface area contributed by atoms with Crippen LogP contribution in [-0.4, -0.2) is 18.5 Å². The molecular weight excluding hydrogens is 236 g/mol. The van der Waals surface area contributed by atoms with Gasteiger partial charge in [-0.2, -0.15) is 0 Å². The van der Waals surface area contributed by atoms with Crippen molar-refractivity contribution in [3.8, 4) is 0 Å². The van der Waals surface area contributed by atoms with Crippen molar-refractivity contribution >= 4 is 5.78 Å². The zero-order valence-corrected chi connectivity index (χ0v) is 12.4. The van der Waals surface area contributed by atoms with E-state index in [4.69, 9.17) is 4.74 Å². The van der Waals surface area contributed by atoms with Crippen molar-refractivity contribution in [1.82, 2.24) is 0 Å². The molecule has 2 nitrogen and oxygen atoms in total. The largest absolute Gasteiger partial charge is 0.370 e. The molecule has 19 heavy (non-hydrogen) atoms. The number of ketones is 1. The highest BCUT2D eigenvalue weighted by atomic mass is 16.5. The first-order valence-corrected chi connectivity index (χ1v) is 7.15. The van der Waals surface area contributed by atoms with Gasteiger partial charge in [-0.1, -0.05) is 45.0 Å². The third-order valence-electron chi connectivity index (χ3n) is 3.82. The minimum atomic E-state index is -0.287. The molecule has 1 aliphatic rings. The summed E-state index contributed by atoms with van der Waals surface area (Å²) >= 11 is 0. The Kier molecular flexibility index (Phi) is 4.10. The van der Waals surface area contributed by atoms with Gasteiger partial charge in [0, 0.05) is 13.0 Å². The van der Waals surface area contributed by atoms with Crippen LogP contribution in [0.1, 0.15) is 51.2 Å². The number of carbonyl (C=O) groups is 1. The molecule has 1 aromatic carbocycles. The van der Waals surface area contributed by atoms with Gasteiger partial charge in [0.25, 0.3) is 0 Å². The van der Waals surface area contributed by atoms with E-state index >= 15 is 0 Å². The highest BCUT2D eigenvalue weighted by Crippen LogP contribution is 2.38. The zero-order chi connectivity index (χ0) is 14.0. The predicted octanol–water partition coefficient (Wildman–Crippen LogP) is 3.74. The van der Waals surface area contributed by atoms with E-state index in [1.165, 1.54) is 11.1 Å². The molecule has 0 aliphatic heterocycles. The molecule has 0 N–H and O–H groups in total. The van der Waals surface area contributed by atoms with Crippen LogP contribution in [0.25, 0.3) is 0 Å². The molecule has 1 aliphatic carbocycles. The molecule has 0 aromatic heterocycles. The van der Waals surface area contributed by atoms with E-state index in [0.717, 1.165) is 6.42 Å². The lowest BCUT2D eigenvalue weighted by Crippen LogP contribution is -2.38. The Morgan fingerprint density at radius 1 is 1.37 bits per heavy atom. The summed E-state index contributed by atoms with van der Waals surface area (Å²) in [4.78, 5) is 12.5. The molecule has 0 heterocycles. The topological polar surface area (TPSA) is 26.3 Å². The van der Waals surface area contributed by atoms with E-state index in [2.05, 4.69) is 45.0 Å². The summed E-state index contributed by atoms with van der Waals surface area (Å²) in [7, 11) is 0. The molecule has 104 valence electrons. The molecule has 2 heteroatoms. The van der Waals surface area contributed by atoms with Crippen LogP contribution in [-0.2, 0) is 16.0 Å². The van der Waals surface area contributed by atoms with Crippen LogP contribution < -0.4 is 0 Å². The summed E-state index contributed by atoms with van der Waals surface area (Å²) in [6.45, 7) is 8.75. The van der Waals surface area contributed by atoms with E-state index in [1.54, 1.807) is 0 Å². The summed E-state index contributed by atoms with van der Waals surface area (Å²) in [5.74, 6) is 0.642. The molecule has 2 unspecified atom stereocenters. The van der Waals surface area contributed by atoms with Crippen molar-refractivity contribution < 1.29 is 9.53 Å². The van der Waals surface area contributed by atoms with Gasteiger partial charge in [0.05, 0.1) is 0 Å². The smallest absolute Gasteiger partial charge is 0.162 e. The Hall–Kier alpha value is -1.15.